The molecule has 0 saturated carbocycles. The summed E-state index contributed by atoms with van der Waals surface area (Å²) >= 11 is 0. The van der Waals surface area contributed by atoms with Crippen molar-refractivity contribution >= 4 is 17.5 Å². The van der Waals surface area contributed by atoms with Crippen LogP contribution in [-0.4, -0.2) is 28.8 Å². The second-order valence-electron chi connectivity index (χ2n) is 4.62. The third-order valence-corrected chi connectivity index (χ3v) is 3.00. The Bertz CT molecular complexity index is 561. The molecule has 1 aromatic carbocycles. The molecular weight excluding hydrogens is 266 g/mol. The molecule has 0 amide bonds. The Morgan fingerprint density at radius 3 is 2.86 bits per heavy atom. The van der Waals surface area contributed by atoms with Crippen LogP contribution in [0.15, 0.2) is 30.5 Å². The molecule has 112 valence electrons. The van der Waals surface area contributed by atoms with Crippen LogP contribution in [0.25, 0.3) is 0 Å². The highest BCUT2D eigenvalue weighted by molar-refractivity contribution is 5.62. The van der Waals surface area contributed by atoms with Gasteiger partial charge in [0.2, 0.25) is 5.95 Å². The zero-order chi connectivity index (χ0) is 14.9. The van der Waals surface area contributed by atoms with Gasteiger partial charge in [-0.2, -0.15) is 10.1 Å². The lowest BCUT2D eigenvalue weighted by Gasteiger charge is -2.10. The number of ether oxygens (including phenoxy) is 1. The van der Waals surface area contributed by atoms with Crippen molar-refractivity contribution < 1.29 is 4.74 Å². The van der Waals surface area contributed by atoms with E-state index in [2.05, 4.69) is 32.7 Å². The number of aromatic nitrogens is 3. The smallest absolute Gasteiger partial charge is 0.249 e. The van der Waals surface area contributed by atoms with Gasteiger partial charge in [0, 0.05) is 6.54 Å². The van der Waals surface area contributed by atoms with Gasteiger partial charge in [0.15, 0.2) is 5.82 Å². The van der Waals surface area contributed by atoms with E-state index in [1.807, 2.05) is 24.3 Å². The van der Waals surface area contributed by atoms with Gasteiger partial charge in [0.05, 0.1) is 19.0 Å². The number of unbranched alkanes of at least 4 members (excludes halogenated alkanes) is 2. The summed E-state index contributed by atoms with van der Waals surface area (Å²) in [5, 5.41) is 14.3. The maximum atomic E-state index is 5.29. The summed E-state index contributed by atoms with van der Waals surface area (Å²) < 4.78 is 5.29. The predicted octanol–water partition coefficient (Wildman–Crippen LogP) is 3.23. The Labute approximate surface area is 125 Å². The van der Waals surface area contributed by atoms with E-state index in [-0.39, 0.29) is 0 Å². The quantitative estimate of drug-likeness (QED) is 0.726. The molecule has 1 heterocycles. The predicted molar refractivity (Wildman–Crippen MR) is 84.1 cm³/mol. The van der Waals surface area contributed by atoms with Gasteiger partial charge in [-0.25, -0.2) is 0 Å². The number of nitrogens with one attached hydrogen (secondary N) is 2. The lowest BCUT2D eigenvalue weighted by molar-refractivity contribution is 0.417. The molecule has 0 aliphatic heterocycles. The number of hydrogen-bond donors (Lipinski definition) is 2. The van der Waals surface area contributed by atoms with Crippen LogP contribution in [-0.2, 0) is 0 Å². The number of hydrogen-bond acceptors (Lipinski definition) is 6. The Morgan fingerprint density at radius 2 is 2.05 bits per heavy atom. The molecule has 0 aliphatic carbocycles. The Hall–Kier alpha value is -2.37. The topological polar surface area (TPSA) is 72.0 Å². The lowest BCUT2D eigenvalue weighted by Crippen LogP contribution is -2.07. The third kappa shape index (κ3) is 4.59. The Morgan fingerprint density at radius 1 is 1.19 bits per heavy atom. The summed E-state index contributed by atoms with van der Waals surface area (Å²) in [6.07, 6.45) is 5.15. The molecule has 6 heteroatoms. The minimum absolute atomic E-state index is 0.444. The van der Waals surface area contributed by atoms with Crippen LogP contribution >= 0.6 is 0 Å². The van der Waals surface area contributed by atoms with Crippen molar-refractivity contribution in [1.82, 2.24) is 15.2 Å². The van der Waals surface area contributed by atoms with Gasteiger partial charge in [-0.3, -0.25) is 0 Å². The van der Waals surface area contributed by atoms with Crippen molar-refractivity contribution in [2.75, 3.05) is 24.3 Å². The molecule has 2 N–H and O–H groups in total. The van der Waals surface area contributed by atoms with E-state index in [4.69, 9.17) is 4.74 Å². The normalized spacial score (nSPS) is 10.2. The van der Waals surface area contributed by atoms with Crippen molar-refractivity contribution in [3.8, 4) is 5.75 Å². The standard InChI is InChI=1S/C15H21N5O/c1-3-4-7-10-16-14-11-17-20-15(19-14)18-12-8-5-6-9-13(12)21-2/h5-6,8-9,11H,3-4,7,10H2,1-2H3,(H2,16,18,19,20). The monoisotopic (exact) mass is 287 g/mol. The molecule has 1 aromatic heterocycles. The van der Waals surface area contributed by atoms with E-state index < -0.39 is 0 Å². The number of methoxy groups -OCH3 is 1. The first-order valence-corrected chi connectivity index (χ1v) is 7.17. The molecule has 2 aromatic rings. The van der Waals surface area contributed by atoms with Gasteiger partial charge in [-0.1, -0.05) is 31.9 Å². The fraction of sp³-hybridized carbons (Fsp3) is 0.400. The van der Waals surface area contributed by atoms with Crippen LogP contribution in [0.2, 0.25) is 0 Å². The molecule has 0 radical (unpaired) electrons. The summed E-state index contributed by atoms with van der Waals surface area (Å²) in [5.41, 5.74) is 0.810. The summed E-state index contributed by atoms with van der Waals surface area (Å²) in [6.45, 7) is 3.07. The van der Waals surface area contributed by atoms with E-state index in [1.54, 1.807) is 13.3 Å². The van der Waals surface area contributed by atoms with Crippen LogP contribution in [0.3, 0.4) is 0 Å². The van der Waals surface area contributed by atoms with Crippen molar-refractivity contribution in [1.29, 1.82) is 0 Å². The first kappa shape index (κ1) is 15.0. The van der Waals surface area contributed by atoms with E-state index in [9.17, 15) is 0 Å². The number of benzene rings is 1. The van der Waals surface area contributed by atoms with Crippen LogP contribution in [0, 0.1) is 0 Å². The highest BCUT2D eigenvalue weighted by Gasteiger charge is 2.05. The molecule has 0 fully saturated rings. The molecular formula is C15H21N5O. The largest absolute Gasteiger partial charge is 0.495 e. The molecule has 0 atom stereocenters. The van der Waals surface area contributed by atoms with E-state index in [0.29, 0.717) is 5.95 Å². The average Bonchev–Trinajstić information content (AvgIpc) is 2.52. The SMILES string of the molecule is CCCCCNc1cnnc(Nc2ccccc2OC)n1. The third-order valence-electron chi connectivity index (χ3n) is 3.00. The molecule has 6 nitrogen and oxygen atoms in total. The second-order valence-corrected chi connectivity index (χ2v) is 4.62. The minimum atomic E-state index is 0.444. The fourth-order valence-corrected chi connectivity index (χ4v) is 1.90. The van der Waals surface area contributed by atoms with Gasteiger partial charge in [0.25, 0.3) is 0 Å². The molecule has 0 spiro atoms. The van der Waals surface area contributed by atoms with Crippen LogP contribution in [0.4, 0.5) is 17.5 Å². The molecule has 2 rings (SSSR count). The summed E-state index contributed by atoms with van der Waals surface area (Å²) in [5.74, 6) is 1.90. The zero-order valence-electron chi connectivity index (χ0n) is 12.5. The van der Waals surface area contributed by atoms with E-state index in [0.717, 1.165) is 30.2 Å². The summed E-state index contributed by atoms with van der Waals surface area (Å²) in [6, 6.07) is 7.62. The molecule has 0 unspecified atom stereocenters. The number of para-hydroxylation sites is 2. The van der Waals surface area contributed by atoms with Crippen LogP contribution in [0.1, 0.15) is 26.2 Å². The maximum absolute atomic E-state index is 5.29. The van der Waals surface area contributed by atoms with Crippen molar-refractivity contribution in [2.45, 2.75) is 26.2 Å². The lowest BCUT2D eigenvalue weighted by atomic mass is 10.2. The van der Waals surface area contributed by atoms with E-state index in [1.165, 1.54) is 12.8 Å². The van der Waals surface area contributed by atoms with Gasteiger partial charge in [0.1, 0.15) is 5.75 Å². The van der Waals surface area contributed by atoms with Crippen LogP contribution in [0.5, 0.6) is 5.75 Å². The van der Waals surface area contributed by atoms with Gasteiger partial charge < -0.3 is 15.4 Å². The average molecular weight is 287 g/mol. The van der Waals surface area contributed by atoms with Crippen LogP contribution < -0.4 is 15.4 Å². The molecule has 0 aliphatic rings. The van der Waals surface area contributed by atoms with Gasteiger partial charge >= 0.3 is 0 Å². The Kier molecular flexibility index (Phi) is 5.75. The maximum Gasteiger partial charge on any atom is 0.249 e. The molecule has 21 heavy (non-hydrogen) atoms. The first-order chi connectivity index (χ1) is 10.3. The minimum Gasteiger partial charge on any atom is -0.495 e. The van der Waals surface area contributed by atoms with Crippen molar-refractivity contribution in [2.24, 2.45) is 0 Å². The van der Waals surface area contributed by atoms with Crippen molar-refractivity contribution in [3.63, 3.8) is 0 Å². The molecule has 0 saturated heterocycles. The van der Waals surface area contributed by atoms with Crippen molar-refractivity contribution in [3.05, 3.63) is 30.5 Å². The summed E-state index contributed by atoms with van der Waals surface area (Å²) in [7, 11) is 1.63. The number of nitrogens with zero attached hydrogens (tertiary/aromatic N) is 3. The number of rotatable bonds is 8. The highest BCUT2D eigenvalue weighted by Crippen LogP contribution is 2.25. The number of anilines is 3. The Balaban J connectivity index is 2.00. The van der Waals surface area contributed by atoms with Gasteiger partial charge in [-0.15, -0.1) is 5.10 Å². The molecule has 0 bridgehead atoms. The zero-order valence-corrected chi connectivity index (χ0v) is 12.5. The highest BCUT2D eigenvalue weighted by atomic mass is 16.5. The second kappa shape index (κ2) is 8.04. The van der Waals surface area contributed by atoms with Gasteiger partial charge in [-0.05, 0) is 18.6 Å². The first-order valence-electron chi connectivity index (χ1n) is 7.17. The summed E-state index contributed by atoms with van der Waals surface area (Å²) in [4.78, 5) is 4.39. The van der Waals surface area contributed by atoms with E-state index >= 15 is 0 Å². The fourth-order valence-electron chi connectivity index (χ4n) is 1.90.